The molecule has 2 unspecified atom stereocenters. The maximum absolute atomic E-state index is 5.73. The standard InChI is InChI=1S/C24H36N4OS.HI/c1-18(2)29-17-20-9-5-8-19(14-20)15-26-24(25-3)27-16-21-10-6-12-28(4)23(21)22-11-7-13-30-22;/h5,7-9,11,13-14,18,21,23H,6,10,12,15-17H2,1-4H3,(H2,25,26,27);1H. The Bertz CT molecular complexity index is 797. The molecule has 172 valence electrons. The molecule has 1 aromatic heterocycles. The highest BCUT2D eigenvalue weighted by molar-refractivity contribution is 14.0. The topological polar surface area (TPSA) is 48.9 Å². The molecule has 0 amide bonds. The molecule has 7 heteroatoms. The first-order valence-electron chi connectivity index (χ1n) is 10.9. The number of likely N-dealkylation sites (tertiary alicyclic amines) is 1. The zero-order valence-electron chi connectivity index (χ0n) is 19.1. The van der Waals surface area contributed by atoms with Crippen LogP contribution in [0.1, 0.15) is 48.7 Å². The van der Waals surface area contributed by atoms with E-state index in [1.54, 1.807) is 0 Å². The molecule has 1 saturated heterocycles. The van der Waals surface area contributed by atoms with E-state index in [2.05, 4.69) is 83.2 Å². The lowest BCUT2D eigenvalue weighted by Gasteiger charge is -2.39. The molecule has 1 fully saturated rings. The minimum absolute atomic E-state index is 0. The summed E-state index contributed by atoms with van der Waals surface area (Å²) in [4.78, 5) is 8.40. The predicted molar refractivity (Wildman–Crippen MR) is 142 cm³/mol. The average Bonchev–Trinajstić information content (AvgIpc) is 3.27. The Kier molecular flexibility index (Phi) is 11.3. The van der Waals surface area contributed by atoms with Crippen molar-refractivity contribution < 1.29 is 4.74 Å². The van der Waals surface area contributed by atoms with Gasteiger partial charge in [0, 0.05) is 31.1 Å². The third-order valence-electron chi connectivity index (χ3n) is 5.63. The van der Waals surface area contributed by atoms with Gasteiger partial charge in [-0.15, -0.1) is 35.3 Å². The van der Waals surface area contributed by atoms with Crippen molar-refractivity contribution in [2.75, 3.05) is 27.2 Å². The first kappa shape index (κ1) is 26.1. The van der Waals surface area contributed by atoms with Gasteiger partial charge in [-0.2, -0.15) is 0 Å². The van der Waals surface area contributed by atoms with Gasteiger partial charge in [0.2, 0.25) is 0 Å². The molecule has 0 aliphatic carbocycles. The van der Waals surface area contributed by atoms with Gasteiger partial charge < -0.3 is 15.4 Å². The first-order chi connectivity index (χ1) is 14.6. The van der Waals surface area contributed by atoms with Gasteiger partial charge in [0.25, 0.3) is 0 Å². The number of nitrogens with zero attached hydrogens (tertiary/aromatic N) is 2. The molecule has 2 N–H and O–H groups in total. The molecule has 1 aliphatic heterocycles. The third-order valence-corrected chi connectivity index (χ3v) is 6.57. The quantitative estimate of drug-likeness (QED) is 0.272. The monoisotopic (exact) mass is 556 g/mol. The predicted octanol–water partition coefficient (Wildman–Crippen LogP) is 5.04. The Labute approximate surface area is 208 Å². The fourth-order valence-electron chi connectivity index (χ4n) is 4.11. The van der Waals surface area contributed by atoms with Gasteiger partial charge in [0.05, 0.1) is 12.7 Å². The number of halogens is 1. The Morgan fingerprint density at radius 1 is 1.23 bits per heavy atom. The third kappa shape index (κ3) is 8.04. The molecule has 2 atom stereocenters. The molecular weight excluding hydrogens is 519 g/mol. The van der Waals surface area contributed by atoms with Crippen LogP contribution in [0.25, 0.3) is 0 Å². The number of nitrogens with one attached hydrogen (secondary N) is 2. The van der Waals surface area contributed by atoms with Gasteiger partial charge in [-0.25, -0.2) is 0 Å². The van der Waals surface area contributed by atoms with Gasteiger partial charge in [-0.05, 0) is 68.8 Å². The summed E-state index contributed by atoms with van der Waals surface area (Å²) in [6, 6.07) is 13.5. The van der Waals surface area contributed by atoms with Crippen LogP contribution in [0, 0.1) is 5.92 Å². The van der Waals surface area contributed by atoms with Gasteiger partial charge in [-0.3, -0.25) is 9.89 Å². The molecule has 5 nitrogen and oxygen atoms in total. The summed E-state index contributed by atoms with van der Waals surface area (Å²) in [6.07, 6.45) is 2.74. The van der Waals surface area contributed by atoms with E-state index in [1.165, 1.54) is 35.4 Å². The highest BCUT2D eigenvalue weighted by Gasteiger charge is 2.31. The van der Waals surface area contributed by atoms with Crippen molar-refractivity contribution in [1.29, 1.82) is 0 Å². The number of benzene rings is 1. The van der Waals surface area contributed by atoms with Gasteiger partial charge in [0.15, 0.2) is 5.96 Å². The van der Waals surface area contributed by atoms with Crippen LogP contribution in [0.5, 0.6) is 0 Å². The van der Waals surface area contributed by atoms with Crippen molar-refractivity contribution in [1.82, 2.24) is 15.5 Å². The minimum Gasteiger partial charge on any atom is -0.374 e. The molecule has 0 saturated carbocycles. The smallest absolute Gasteiger partial charge is 0.191 e. The summed E-state index contributed by atoms with van der Waals surface area (Å²) in [5, 5.41) is 9.22. The fourth-order valence-corrected chi connectivity index (χ4v) is 5.09. The maximum atomic E-state index is 5.73. The fraction of sp³-hybridized carbons (Fsp3) is 0.542. The molecule has 2 aromatic rings. The molecule has 1 aliphatic rings. The Balaban J connectivity index is 0.00000341. The Hall–Kier alpha value is -1.16. The molecule has 31 heavy (non-hydrogen) atoms. The highest BCUT2D eigenvalue weighted by Crippen LogP contribution is 2.36. The van der Waals surface area contributed by atoms with E-state index in [4.69, 9.17) is 4.74 Å². The van der Waals surface area contributed by atoms with E-state index < -0.39 is 0 Å². The summed E-state index contributed by atoms with van der Waals surface area (Å²) in [6.45, 7) is 7.62. The number of rotatable bonds is 8. The highest BCUT2D eigenvalue weighted by atomic mass is 127. The van der Waals surface area contributed by atoms with E-state index in [0.717, 1.165) is 19.0 Å². The summed E-state index contributed by atoms with van der Waals surface area (Å²) < 4.78 is 5.73. The van der Waals surface area contributed by atoms with Crippen molar-refractivity contribution in [3.05, 3.63) is 57.8 Å². The lowest BCUT2D eigenvalue weighted by Crippen LogP contribution is -2.44. The van der Waals surface area contributed by atoms with Gasteiger partial charge >= 0.3 is 0 Å². The molecule has 0 radical (unpaired) electrons. The number of guanidine groups is 1. The Morgan fingerprint density at radius 2 is 2.03 bits per heavy atom. The SMILES string of the molecule is CN=C(NCc1cccc(COC(C)C)c1)NCC1CCCN(C)C1c1cccs1.I. The minimum atomic E-state index is 0. The van der Waals surface area contributed by atoms with Crippen molar-refractivity contribution in [2.24, 2.45) is 10.9 Å². The number of thiophene rings is 1. The Morgan fingerprint density at radius 3 is 2.74 bits per heavy atom. The van der Waals surface area contributed by atoms with Crippen LogP contribution in [0.2, 0.25) is 0 Å². The average molecular weight is 557 g/mol. The number of hydrogen-bond acceptors (Lipinski definition) is 4. The number of ether oxygens (including phenoxy) is 1. The summed E-state index contributed by atoms with van der Waals surface area (Å²) >= 11 is 1.87. The van der Waals surface area contributed by atoms with E-state index >= 15 is 0 Å². The number of aliphatic imine (C=N–C) groups is 1. The normalized spacial score (nSPS) is 19.8. The zero-order valence-corrected chi connectivity index (χ0v) is 22.3. The maximum Gasteiger partial charge on any atom is 0.191 e. The molecule has 1 aromatic carbocycles. The number of hydrogen-bond donors (Lipinski definition) is 2. The van der Waals surface area contributed by atoms with Crippen molar-refractivity contribution in [2.45, 2.75) is 52.0 Å². The molecule has 2 heterocycles. The zero-order chi connectivity index (χ0) is 21.3. The van der Waals surface area contributed by atoms with Crippen LogP contribution in [0.3, 0.4) is 0 Å². The molecule has 3 rings (SSSR count). The molecule has 0 spiro atoms. The number of piperidine rings is 1. The lowest BCUT2D eigenvalue weighted by atomic mass is 9.88. The van der Waals surface area contributed by atoms with Crippen molar-refractivity contribution in [3.63, 3.8) is 0 Å². The largest absolute Gasteiger partial charge is 0.374 e. The van der Waals surface area contributed by atoms with Crippen molar-refractivity contribution in [3.8, 4) is 0 Å². The van der Waals surface area contributed by atoms with E-state index in [9.17, 15) is 0 Å². The van der Waals surface area contributed by atoms with Crippen molar-refractivity contribution >= 4 is 41.3 Å². The van der Waals surface area contributed by atoms with Crippen LogP contribution in [0.4, 0.5) is 0 Å². The van der Waals surface area contributed by atoms with Crippen LogP contribution in [-0.2, 0) is 17.9 Å². The second-order valence-corrected chi connectivity index (χ2v) is 9.31. The van der Waals surface area contributed by atoms with Crippen LogP contribution in [0.15, 0.2) is 46.8 Å². The van der Waals surface area contributed by atoms with Gasteiger partial charge in [-0.1, -0.05) is 30.3 Å². The van der Waals surface area contributed by atoms with E-state index in [0.29, 0.717) is 18.6 Å². The molecule has 0 bridgehead atoms. The summed E-state index contributed by atoms with van der Waals surface area (Å²) in [7, 11) is 4.09. The lowest BCUT2D eigenvalue weighted by molar-refractivity contribution is 0.0657. The van der Waals surface area contributed by atoms with Gasteiger partial charge in [0.1, 0.15) is 0 Å². The van der Waals surface area contributed by atoms with Crippen LogP contribution in [-0.4, -0.2) is 44.1 Å². The second-order valence-electron chi connectivity index (χ2n) is 8.33. The second kappa shape index (κ2) is 13.4. The molecular formula is C24H37IN4OS. The summed E-state index contributed by atoms with van der Waals surface area (Å²) in [5.41, 5.74) is 2.44. The van der Waals surface area contributed by atoms with Crippen LogP contribution < -0.4 is 10.6 Å². The van der Waals surface area contributed by atoms with Crippen LogP contribution >= 0.6 is 35.3 Å². The van der Waals surface area contributed by atoms with E-state index in [-0.39, 0.29) is 30.1 Å². The van der Waals surface area contributed by atoms with E-state index in [1.807, 2.05) is 18.4 Å². The summed E-state index contributed by atoms with van der Waals surface area (Å²) in [5.74, 6) is 1.44. The first-order valence-corrected chi connectivity index (χ1v) is 11.8.